The average molecular weight is 573 g/mol. The third kappa shape index (κ3) is 5.59. The molecule has 3 aliphatic rings. The van der Waals surface area contributed by atoms with Gasteiger partial charge in [0.05, 0.1) is 40.3 Å². The van der Waals surface area contributed by atoms with Crippen LogP contribution in [0.1, 0.15) is 24.1 Å². The Morgan fingerprint density at radius 2 is 2.12 bits per heavy atom. The lowest BCUT2D eigenvalue weighted by molar-refractivity contribution is -0.128. The van der Waals surface area contributed by atoms with E-state index in [1.807, 2.05) is 5.51 Å². The Balaban J connectivity index is 1.32. The van der Waals surface area contributed by atoms with E-state index in [0.717, 1.165) is 54.9 Å². The predicted molar refractivity (Wildman–Crippen MR) is 162 cm³/mol. The highest BCUT2D eigenvalue weighted by atomic mass is 32.1. The van der Waals surface area contributed by atoms with Crippen molar-refractivity contribution in [1.82, 2.24) is 24.8 Å². The zero-order chi connectivity index (χ0) is 28.6. The molecule has 2 fully saturated rings. The van der Waals surface area contributed by atoms with Gasteiger partial charge in [0.25, 0.3) is 0 Å². The maximum atomic E-state index is 12.5. The largest absolute Gasteiger partial charge is 0.463 e. The number of hydrogen-bond donors (Lipinski definition) is 0. The first kappa shape index (κ1) is 27.4. The molecule has 0 spiro atoms. The van der Waals surface area contributed by atoms with Crippen LogP contribution in [0.5, 0.6) is 6.01 Å². The standard InChI is InChI=1S/C30H36N8O2S/c1-5-26(39)38-14-13-37(16-21(38)15-31-2)28-22-9-12-36(25-8-6-7-23-27(25)41-20-32-23)17-24(22)33-29(34-28)40-19-30(10-11-30)18-35(3)4/h5-8,20-21H,1,9-19H2,3-4H3. The molecule has 6 rings (SSSR count). The fraction of sp³-hybridized carbons (Fsp3) is 0.500. The molecule has 1 aliphatic carbocycles. The Labute approximate surface area is 245 Å². The molecule has 0 radical (unpaired) electrons. The van der Waals surface area contributed by atoms with E-state index in [-0.39, 0.29) is 23.9 Å². The summed E-state index contributed by atoms with van der Waals surface area (Å²) in [4.78, 5) is 39.2. The summed E-state index contributed by atoms with van der Waals surface area (Å²) >= 11 is 1.66. The summed E-state index contributed by atoms with van der Waals surface area (Å²) in [7, 11) is 4.20. The number of thiazole rings is 1. The normalized spacial score (nSPS) is 19.7. The maximum Gasteiger partial charge on any atom is 0.318 e. The summed E-state index contributed by atoms with van der Waals surface area (Å²) in [5.41, 5.74) is 6.35. The van der Waals surface area contributed by atoms with Gasteiger partial charge in [-0.3, -0.25) is 4.79 Å². The van der Waals surface area contributed by atoms with Crippen molar-refractivity contribution in [1.29, 1.82) is 0 Å². The molecule has 214 valence electrons. The molecule has 2 aliphatic heterocycles. The van der Waals surface area contributed by atoms with Crippen LogP contribution in [-0.2, 0) is 17.8 Å². The molecular weight excluding hydrogens is 536 g/mol. The average Bonchev–Trinajstić information content (AvgIpc) is 3.55. The second-order valence-corrected chi connectivity index (χ2v) is 12.5. The molecule has 1 saturated carbocycles. The van der Waals surface area contributed by atoms with E-state index in [0.29, 0.717) is 38.8 Å². The summed E-state index contributed by atoms with van der Waals surface area (Å²) in [6.45, 7) is 16.1. The molecule has 1 unspecified atom stereocenters. The van der Waals surface area contributed by atoms with Crippen molar-refractivity contribution in [3.05, 3.63) is 59.0 Å². The summed E-state index contributed by atoms with van der Waals surface area (Å²) in [6, 6.07) is 6.47. The SMILES string of the molecule is [C-]#[N+]CC1CN(c2nc(OCC3(CN(C)C)CC3)nc3c2CCN(c2cccc4ncsc24)C3)CCN1C(=O)C=C. The number of aromatic nitrogens is 3. The van der Waals surface area contributed by atoms with E-state index < -0.39 is 0 Å². The monoisotopic (exact) mass is 572 g/mol. The van der Waals surface area contributed by atoms with Gasteiger partial charge in [-0.1, -0.05) is 12.6 Å². The second-order valence-electron chi connectivity index (χ2n) is 11.6. The van der Waals surface area contributed by atoms with Gasteiger partial charge in [-0.2, -0.15) is 9.97 Å². The zero-order valence-corrected chi connectivity index (χ0v) is 24.6. The van der Waals surface area contributed by atoms with Crippen molar-refractivity contribution in [3.63, 3.8) is 0 Å². The van der Waals surface area contributed by atoms with Crippen molar-refractivity contribution in [2.24, 2.45) is 5.41 Å². The molecule has 2 aromatic heterocycles. The van der Waals surface area contributed by atoms with Crippen molar-refractivity contribution >= 4 is 39.0 Å². The van der Waals surface area contributed by atoms with Crippen molar-refractivity contribution < 1.29 is 9.53 Å². The minimum absolute atomic E-state index is 0.129. The van der Waals surface area contributed by atoms with Crippen LogP contribution in [0, 0.1) is 12.0 Å². The summed E-state index contributed by atoms with van der Waals surface area (Å²) in [5.74, 6) is 0.745. The molecule has 0 N–H and O–H groups in total. The van der Waals surface area contributed by atoms with Crippen LogP contribution in [-0.4, -0.2) is 96.7 Å². The molecule has 41 heavy (non-hydrogen) atoms. The molecule has 1 atom stereocenters. The van der Waals surface area contributed by atoms with Crippen molar-refractivity contribution in [2.75, 3.05) is 69.8 Å². The van der Waals surface area contributed by atoms with Gasteiger partial charge in [-0.15, -0.1) is 11.3 Å². The number of fused-ring (bicyclic) bond motifs is 2. The van der Waals surface area contributed by atoms with E-state index >= 15 is 0 Å². The second kappa shape index (κ2) is 11.3. The molecule has 1 saturated heterocycles. The van der Waals surface area contributed by atoms with Gasteiger partial charge in [-0.25, -0.2) is 11.6 Å². The van der Waals surface area contributed by atoms with Crippen LogP contribution < -0.4 is 14.5 Å². The topological polar surface area (TPSA) is 82.3 Å². The highest BCUT2D eigenvalue weighted by Crippen LogP contribution is 2.46. The molecular formula is C30H36N8O2S. The van der Waals surface area contributed by atoms with Crippen LogP contribution in [0.25, 0.3) is 15.1 Å². The predicted octanol–water partition coefficient (Wildman–Crippen LogP) is 3.49. The van der Waals surface area contributed by atoms with Gasteiger partial charge >= 0.3 is 6.01 Å². The first-order valence-electron chi connectivity index (χ1n) is 14.2. The number of ether oxygens (including phenoxy) is 1. The Morgan fingerprint density at radius 1 is 1.27 bits per heavy atom. The van der Waals surface area contributed by atoms with Gasteiger partial charge in [0.1, 0.15) is 11.9 Å². The quantitative estimate of drug-likeness (QED) is 0.285. The number of carbonyl (C=O) groups excluding carboxylic acids is 1. The third-order valence-electron chi connectivity index (χ3n) is 8.36. The van der Waals surface area contributed by atoms with Gasteiger partial charge in [0.15, 0.2) is 0 Å². The molecule has 0 bridgehead atoms. The Bertz CT molecular complexity index is 1490. The summed E-state index contributed by atoms with van der Waals surface area (Å²) < 4.78 is 7.54. The molecule has 4 heterocycles. The van der Waals surface area contributed by atoms with Gasteiger partial charge in [-0.05, 0) is 51.6 Å². The number of carbonyl (C=O) groups is 1. The van der Waals surface area contributed by atoms with Gasteiger partial charge < -0.3 is 29.2 Å². The number of nitrogens with zero attached hydrogens (tertiary/aromatic N) is 8. The number of rotatable bonds is 9. The van der Waals surface area contributed by atoms with E-state index in [1.54, 1.807) is 16.2 Å². The fourth-order valence-electron chi connectivity index (χ4n) is 6.17. The van der Waals surface area contributed by atoms with E-state index in [9.17, 15) is 4.79 Å². The van der Waals surface area contributed by atoms with Crippen molar-refractivity contribution in [3.8, 4) is 6.01 Å². The Morgan fingerprint density at radius 3 is 2.88 bits per heavy atom. The van der Waals surface area contributed by atoms with E-state index in [4.69, 9.17) is 21.3 Å². The number of piperazine rings is 1. The van der Waals surface area contributed by atoms with Gasteiger partial charge in [0, 0.05) is 43.7 Å². The number of amides is 1. The minimum atomic E-state index is -0.222. The molecule has 3 aromatic rings. The minimum Gasteiger partial charge on any atom is -0.463 e. The highest BCUT2D eigenvalue weighted by molar-refractivity contribution is 7.17. The number of anilines is 2. The van der Waals surface area contributed by atoms with Crippen LogP contribution >= 0.6 is 11.3 Å². The molecule has 10 nitrogen and oxygen atoms in total. The maximum absolute atomic E-state index is 12.5. The lowest BCUT2D eigenvalue weighted by atomic mass is 10.0. The van der Waals surface area contributed by atoms with Crippen LogP contribution in [0.2, 0.25) is 0 Å². The molecule has 11 heteroatoms. The number of benzene rings is 1. The fourth-order valence-corrected chi connectivity index (χ4v) is 7.00. The molecule has 1 amide bonds. The van der Waals surface area contributed by atoms with Crippen LogP contribution in [0.3, 0.4) is 0 Å². The van der Waals surface area contributed by atoms with Crippen LogP contribution in [0.15, 0.2) is 36.4 Å². The molecule has 1 aromatic carbocycles. The highest BCUT2D eigenvalue weighted by Gasteiger charge is 2.44. The summed E-state index contributed by atoms with van der Waals surface area (Å²) in [5, 5.41) is 0. The van der Waals surface area contributed by atoms with Gasteiger partial charge in [0.2, 0.25) is 12.5 Å². The Kier molecular flexibility index (Phi) is 7.53. The first-order chi connectivity index (χ1) is 19.9. The third-order valence-corrected chi connectivity index (χ3v) is 9.22. The van der Waals surface area contributed by atoms with E-state index in [1.165, 1.54) is 16.5 Å². The smallest absolute Gasteiger partial charge is 0.318 e. The number of hydrogen-bond acceptors (Lipinski definition) is 9. The first-order valence-corrected chi connectivity index (χ1v) is 15.0. The zero-order valence-electron chi connectivity index (χ0n) is 23.8. The van der Waals surface area contributed by atoms with E-state index in [2.05, 4.69) is 63.4 Å². The summed E-state index contributed by atoms with van der Waals surface area (Å²) in [6.07, 6.45) is 4.43. The Hall–Kier alpha value is -3.75. The lowest BCUT2D eigenvalue weighted by Crippen LogP contribution is -2.56. The van der Waals surface area contributed by atoms with Crippen LogP contribution in [0.4, 0.5) is 11.5 Å². The van der Waals surface area contributed by atoms with Crippen molar-refractivity contribution in [2.45, 2.75) is 31.8 Å². The lowest BCUT2D eigenvalue weighted by Gasteiger charge is -2.41.